The van der Waals surface area contributed by atoms with E-state index in [4.69, 9.17) is 4.42 Å². The number of anilines is 1. The molecule has 0 spiro atoms. The lowest BCUT2D eigenvalue weighted by Gasteiger charge is -2.28. The molecule has 1 aromatic carbocycles. The molecule has 1 amide bonds. The maximum Gasteiger partial charge on any atom is 0.287 e. The van der Waals surface area contributed by atoms with E-state index in [0.717, 1.165) is 31.4 Å². The molecule has 2 aliphatic rings. The molecule has 0 aliphatic carbocycles. The van der Waals surface area contributed by atoms with Gasteiger partial charge in [-0.15, -0.1) is 24.8 Å². The Morgan fingerprint density at radius 1 is 1.25 bits per heavy atom. The van der Waals surface area contributed by atoms with Crippen molar-refractivity contribution in [2.45, 2.75) is 57.8 Å². The van der Waals surface area contributed by atoms with E-state index in [9.17, 15) is 4.79 Å². The molecule has 5 nitrogen and oxygen atoms in total. The minimum Gasteiger partial charge on any atom is -0.459 e. The summed E-state index contributed by atoms with van der Waals surface area (Å²) in [6, 6.07) is 11.5. The van der Waals surface area contributed by atoms with Crippen LogP contribution in [-0.2, 0) is 13.0 Å². The molecule has 1 fully saturated rings. The second-order valence-corrected chi connectivity index (χ2v) is 7.63. The van der Waals surface area contributed by atoms with Crippen LogP contribution in [0.4, 0.5) is 5.69 Å². The molecule has 3 atom stereocenters. The maximum atomic E-state index is 12.8. The number of para-hydroxylation sites is 1. The lowest BCUT2D eigenvalue weighted by Crippen LogP contribution is -2.46. The van der Waals surface area contributed by atoms with Crippen LogP contribution in [0.5, 0.6) is 0 Å². The van der Waals surface area contributed by atoms with Crippen molar-refractivity contribution >= 4 is 36.4 Å². The number of rotatable bonds is 4. The van der Waals surface area contributed by atoms with Crippen LogP contribution in [0.1, 0.15) is 48.4 Å². The summed E-state index contributed by atoms with van der Waals surface area (Å²) in [6.45, 7) is 6.03. The van der Waals surface area contributed by atoms with Crippen molar-refractivity contribution in [3.05, 3.63) is 53.5 Å². The molecule has 1 saturated heterocycles. The number of fused-ring (bicyclic) bond motifs is 1. The molecule has 0 saturated carbocycles. The second kappa shape index (κ2) is 9.68. The molecular weight excluding hydrogens is 397 g/mol. The number of amides is 1. The fraction of sp³-hybridized carbons (Fsp3) is 0.476. The predicted molar refractivity (Wildman–Crippen MR) is 117 cm³/mol. The summed E-state index contributed by atoms with van der Waals surface area (Å²) >= 11 is 0. The van der Waals surface area contributed by atoms with Gasteiger partial charge in [0.15, 0.2) is 5.76 Å². The van der Waals surface area contributed by atoms with Crippen molar-refractivity contribution < 1.29 is 9.21 Å². The van der Waals surface area contributed by atoms with Gasteiger partial charge < -0.3 is 20.0 Å². The molecule has 7 heteroatoms. The van der Waals surface area contributed by atoms with Crippen LogP contribution in [0.3, 0.4) is 0 Å². The third-order valence-electron chi connectivity index (χ3n) is 5.60. The molecule has 1 aromatic heterocycles. The third-order valence-corrected chi connectivity index (χ3v) is 5.60. The topological polar surface area (TPSA) is 57.5 Å². The van der Waals surface area contributed by atoms with Gasteiger partial charge in [-0.05, 0) is 57.4 Å². The second-order valence-electron chi connectivity index (χ2n) is 7.63. The van der Waals surface area contributed by atoms with Crippen molar-refractivity contribution in [1.82, 2.24) is 10.6 Å². The minimum absolute atomic E-state index is 0. The number of hydrogen-bond donors (Lipinski definition) is 2. The van der Waals surface area contributed by atoms with Crippen LogP contribution in [0.15, 0.2) is 41.0 Å². The number of halogens is 2. The number of carbonyl (C=O) groups excluding carboxylic acids is 1. The van der Waals surface area contributed by atoms with Crippen LogP contribution in [0.25, 0.3) is 0 Å². The summed E-state index contributed by atoms with van der Waals surface area (Å²) in [6.07, 6.45) is 4.59. The Balaban J connectivity index is 0.00000140. The summed E-state index contributed by atoms with van der Waals surface area (Å²) < 4.78 is 5.57. The van der Waals surface area contributed by atoms with E-state index in [2.05, 4.69) is 53.6 Å². The summed E-state index contributed by atoms with van der Waals surface area (Å²) in [7, 11) is 0. The molecule has 4 rings (SSSR count). The Labute approximate surface area is 179 Å². The van der Waals surface area contributed by atoms with E-state index in [1.54, 1.807) is 6.26 Å². The average molecular weight is 426 g/mol. The summed E-state index contributed by atoms with van der Waals surface area (Å²) in [5.74, 6) is 0.358. The van der Waals surface area contributed by atoms with Gasteiger partial charge in [-0.3, -0.25) is 4.79 Å². The van der Waals surface area contributed by atoms with Crippen LogP contribution >= 0.6 is 24.8 Å². The van der Waals surface area contributed by atoms with E-state index in [-0.39, 0.29) is 36.8 Å². The maximum absolute atomic E-state index is 12.8. The highest BCUT2D eigenvalue weighted by Crippen LogP contribution is 2.33. The SMILES string of the molecule is CC1CC(NC(=O)c2occc2CN2c3ccccc3CC2C)CCN1.Cl.Cl. The molecule has 0 bridgehead atoms. The van der Waals surface area contributed by atoms with Gasteiger partial charge in [0.25, 0.3) is 5.91 Å². The number of benzene rings is 1. The van der Waals surface area contributed by atoms with Crippen molar-refractivity contribution in [2.24, 2.45) is 0 Å². The molecule has 3 heterocycles. The van der Waals surface area contributed by atoms with Crippen LogP contribution < -0.4 is 15.5 Å². The first-order chi connectivity index (χ1) is 12.6. The molecule has 2 aromatic rings. The van der Waals surface area contributed by atoms with E-state index < -0.39 is 0 Å². The zero-order valence-corrected chi connectivity index (χ0v) is 17.9. The fourth-order valence-corrected chi connectivity index (χ4v) is 4.23. The fourth-order valence-electron chi connectivity index (χ4n) is 4.23. The molecule has 3 unspecified atom stereocenters. The first kappa shape index (κ1) is 22.6. The van der Waals surface area contributed by atoms with Crippen molar-refractivity contribution in [3.8, 4) is 0 Å². The van der Waals surface area contributed by atoms with Gasteiger partial charge >= 0.3 is 0 Å². The van der Waals surface area contributed by atoms with Gasteiger partial charge in [-0.1, -0.05) is 18.2 Å². The van der Waals surface area contributed by atoms with Crippen LogP contribution in [-0.4, -0.2) is 30.6 Å². The van der Waals surface area contributed by atoms with Gasteiger partial charge in [0.1, 0.15) is 0 Å². The normalized spacial score (nSPS) is 23.4. The molecular formula is C21H29Cl2N3O2. The molecule has 2 N–H and O–H groups in total. The van der Waals surface area contributed by atoms with Gasteiger partial charge in [0, 0.05) is 35.9 Å². The Hall–Kier alpha value is -1.69. The minimum atomic E-state index is -0.0933. The molecule has 28 heavy (non-hydrogen) atoms. The quantitative estimate of drug-likeness (QED) is 0.778. The molecule has 0 radical (unpaired) electrons. The number of nitrogens with one attached hydrogen (secondary N) is 2. The van der Waals surface area contributed by atoms with Gasteiger partial charge in [-0.25, -0.2) is 0 Å². The Bertz CT molecular complexity index is 795. The summed E-state index contributed by atoms with van der Waals surface area (Å²) in [5.41, 5.74) is 3.59. The van der Waals surface area contributed by atoms with Crippen molar-refractivity contribution in [3.63, 3.8) is 0 Å². The van der Waals surface area contributed by atoms with E-state index in [0.29, 0.717) is 24.4 Å². The van der Waals surface area contributed by atoms with Gasteiger partial charge in [0.2, 0.25) is 0 Å². The van der Waals surface area contributed by atoms with Crippen molar-refractivity contribution in [1.29, 1.82) is 0 Å². The zero-order valence-electron chi connectivity index (χ0n) is 16.3. The number of furan rings is 1. The number of nitrogens with zero attached hydrogens (tertiary/aromatic N) is 1. The third kappa shape index (κ3) is 4.65. The van der Waals surface area contributed by atoms with Gasteiger partial charge in [-0.2, -0.15) is 0 Å². The van der Waals surface area contributed by atoms with E-state index in [1.807, 2.05) is 6.07 Å². The Morgan fingerprint density at radius 3 is 2.82 bits per heavy atom. The Morgan fingerprint density at radius 2 is 2.04 bits per heavy atom. The zero-order chi connectivity index (χ0) is 18.1. The predicted octanol–water partition coefficient (Wildman–Crippen LogP) is 3.94. The summed E-state index contributed by atoms with van der Waals surface area (Å²) in [5, 5.41) is 6.57. The highest BCUT2D eigenvalue weighted by molar-refractivity contribution is 5.93. The largest absolute Gasteiger partial charge is 0.459 e. The smallest absolute Gasteiger partial charge is 0.287 e. The molecule has 154 valence electrons. The average Bonchev–Trinajstić information content (AvgIpc) is 3.20. The van der Waals surface area contributed by atoms with Crippen molar-refractivity contribution in [2.75, 3.05) is 11.4 Å². The number of piperidine rings is 1. The lowest BCUT2D eigenvalue weighted by atomic mass is 10.0. The molecule has 2 aliphatic heterocycles. The lowest BCUT2D eigenvalue weighted by molar-refractivity contribution is 0.0896. The van der Waals surface area contributed by atoms with Crippen LogP contribution in [0.2, 0.25) is 0 Å². The van der Waals surface area contributed by atoms with E-state index >= 15 is 0 Å². The standard InChI is InChI=1S/C21H27N3O2.2ClH/c1-14-11-18(7-9-22-14)23-21(25)20-17(8-10-26-20)13-24-15(2)12-16-5-3-4-6-19(16)24;;/h3-6,8,10,14-15,18,22H,7,9,11-13H2,1-2H3,(H,23,25);2*1H. The monoisotopic (exact) mass is 425 g/mol. The highest BCUT2D eigenvalue weighted by Gasteiger charge is 2.28. The number of hydrogen-bond acceptors (Lipinski definition) is 4. The Kier molecular flexibility index (Phi) is 7.81. The first-order valence-corrected chi connectivity index (χ1v) is 9.57. The van der Waals surface area contributed by atoms with Gasteiger partial charge in [0.05, 0.1) is 6.26 Å². The first-order valence-electron chi connectivity index (χ1n) is 9.57. The van der Waals surface area contributed by atoms with E-state index in [1.165, 1.54) is 11.3 Å². The van der Waals surface area contributed by atoms with Crippen LogP contribution in [0, 0.1) is 0 Å². The highest BCUT2D eigenvalue weighted by atomic mass is 35.5. The number of carbonyl (C=O) groups is 1. The summed E-state index contributed by atoms with van der Waals surface area (Å²) in [4.78, 5) is 15.1.